The van der Waals surface area contributed by atoms with E-state index in [9.17, 15) is 24.2 Å². The van der Waals surface area contributed by atoms with Gasteiger partial charge < -0.3 is 25.6 Å². The standard InChI is InChI=1S/C12H24NO9P/c1-2-3-4-5-11(15)20-6-9(14)7-21-23(18,19)22-8-10(13)12(16)17/h9-10,14H,2-8,13H2,1H3,(H,16,17)(H,18,19). The SMILES string of the molecule is CCCCCC(=O)OCC(O)COP(=O)(O)OCC(N)C(=O)O. The fourth-order valence-corrected chi connectivity index (χ4v) is 2.08. The number of hydrogen-bond donors (Lipinski definition) is 4. The van der Waals surface area contributed by atoms with Gasteiger partial charge in [-0.15, -0.1) is 0 Å². The van der Waals surface area contributed by atoms with Crippen LogP contribution >= 0.6 is 7.82 Å². The summed E-state index contributed by atoms with van der Waals surface area (Å²) < 4.78 is 25.0. The Hall–Kier alpha value is -1.03. The molecule has 136 valence electrons. The molecule has 5 N–H and O–H groups in total. The van der Waals surface area contributed by atoms with Gasteiger partial charge in [0.15, 0.2) is 0 Å². The quantitative estimate of drug-likeness (QED) is 0.200. The van der Waals surface area contributed by atoms with E-state index >= 15 is 0 Å². The van der Waals surface area contributed by atoms with Gasteiger partial charge in [0.1, 0.15) is 18.8 Å². The van der Waals surface area contributed by atoms with Crippen molar-refractivity contribution in [3.05, 3.63) is 0 Å². The van der Waals surface area contributed by atoms with Crippen molar-refractivity contribution < 1.29 is 43.0 Å². The van der Waals surface area contributed by atoms with Gasteiger partial charge in [0, 0.05) is 6.42 Å². The maximum absolute atomic E-state index is 11.4. The number of hydrogen-bond acceptors (Lipinski definition) is 8. The number of phosphoric ester groups is 1. The summed E-state index contributed by atoms with van der Waals surface area (Å²) in [5, 5.41) is 18.0. The molecule has 0 aliphatic heterocycles. The van der Waals surface area contributed by atoms with Crippen LogP contribution in [0.2, 0.25) is 0 Å². The van der Waals surface area contributed by atoms with Gasteiger partial charge in [0.05, 0.1) is 13.2 Å². The van der Waals surface area contributed by atoms with E-state index in [1.165, 1.54) is 0 Å². The van der Waals surface area contributed by atoms with Crippen LogP contribution in [0, 0.1) is 0 Å². The average molecular weight is 357 g/mol. The Morgan fingerprint density at radius 2 is 1.78 bits per heavy atom. The molecule has 0 aromatic heterocycles. The number of rotatable bonds is 13. The second-order valence-electron chi connectivity index (χ2n) is 4.80. The van der Waals surface area contributed by atoms with Gasteiger partial charge in [0.2, 0.25) is 0 Å². The topological polar surface area (TPSA) is 166 Å². The number of ether oxygens (including phenoxy) is 1. The van der Waals surface area contributed by atoms with Crippen molar-refractivity contribution in [2.45, 2.75) is 44.8 Å². The van der Waals surface area contributed by atoms with Gasteiger partial charge in [-0.25, -0.2) is 4.57 Å². The van der Waals surface area contributed by atoms with Crippen LogP contribution in [0.5, 0.6) is 0 Å². The van der Waals surface area contributed by atoms with Crippen molar-refractivity contribution in [2.75, 3.05) is 19.8 Å². The molecule has 3 unspecified atom stereocenters. The zero-order chi connectivity index (χ0) is 17.9. The second-order valence-corrected chi connectivity index (χ2v) is 6.25. The maximum atomic E-state index is 11.4. The molecular weight excluding hydrogens is 333 g/mol. The minimum absolute atomic E-state index is 0.232. The number of carbonyl (C=O) groups excluding carboxylic acids is 1. The number of aliphatic carboxylic acids is 1. The number of aliphatic hydroxyl groups excluding tert-OH is 1. The molecule has 0 aromatic carbocycles. The monoisotopic (exact) mass is 357 g/mol. The van der Waals surface area contributed by atoms with E-state index in [1.807, 2.05) is 6.92 Å². The lowest BCUT2D eigenvalue weighted by Gasteiger charge is -2.16. The molecule has 0 radical (unpaired) electrons. The Morgan fingerprint density at radius 3 is 2.35 bits per heavy atom. The van der Waals surface area contributed by atoms with Crippen LogP contribution in [0.3, 0.4) is 0 Å². The summed E-state index contributed by atoms with van der Waals surface area (Å²) in [5.41, 5.74) is 5.09. The molecule has 0 aliphatic rings. The van der Waals surface area contributed by atoms with Crippen molar-refractivity contribution in [2.24, 2.45) is 5.73 Å². The molecule has 3 atom stereocenters. The molecule has 0 aromatic rings. The molecule has 0 aliphatic carbocycles. The van der Waals surface area contributed by atoms with Crippen molar-refractivity contribution in [1.82, 2.24) is 0 Å². The van der Waals surface area contributed by atoms with Crippen molar-refractivity contribution in [3.63, 3.8) is 0 Å². The first-order chi connectivity index (χ1) is 10.7. The van der Waals surface area contributed by atoms with Gasteiger partial charge >= 0.3 is 19.8 Å². The van der Waals surface area contributed by atoms with E-state index in [-0.39, 0.29) is 13.0 Å². The Balaban J connectivity index is 3.93. The predicted octanol–water partition coefficient (Wildman–Crippen LogP) is 0.0163. The molecule has 0 heterocycles. The molecule has 0 bridgehead atoms. The smallest absolute Gasteiger partial charge is 0.472 e. The maximum Gasteiger partial charge on any atom is 0.472 e. The highest BCUT2D eigenvalue weighted by molar-refractivity contribution is 7.47. The largest absolute Gasteiger partial charge is 0.480 e. The molecule has 0 saturated heterocycles. The van der Waals surface area contributed by atoms with E-state index < -0.39 is 45.1 Å². The summed E-state index contributed by atoms with van der Waals surface area (Å²) in [5.74, 6) is -1.88. The fourth-order valence-electron chi connectivity index (χ4n) is 1.29. The summed E-state index contributed by atoms with van der Waals surface area (Å²) in [7, 11) is -4.55. The van der Waals surface area contributed by atoms with Gasteiger partial charge in [-0.05, 0) is 6.42 Å². The van der Waals surface area contributed by atoms with Crippen LogP contribution < -0.4 is 5.73 Å². The summed E-state index contributed by atoms with van der Waals surface area (Å²) in [6.07, 6.45) is 1.45. The third-order valence-electron chi connectivity index (χ3n) is 2.59. The summed E-state index contributed by atoms with van der Waals surface area (Å²) >= 11 is 0. The fraction of sp³-hybridized carbons (Fsp3) is 0.833. The number of carboxylic acid groups (broad SMARTS) is 1. The third kappa shape index (κ3) is 12.1. The predicted molar refractivity (Wildman–Crippen MR) is 78.4 cm³/mol. The first-order valence-corrected chi connectivity index (χ1v) is 8.61. The Labute approximate surface area is 134 Å². The zero-order valence-electron chi connectivity index (χ0n) is 12.9. The zero-order valence-corrected chi connectivity index (χ0v) is 13.8. The summed E-state index contributed by atoms with van der Waals surface area (Å²) in [6, 6.07) is -1.48. The van der Waals surface area contributed by atoms with E-state index in [0.717, 1.165) is 12.8 Å². The molecule has 10 nitrogen and oxygen atoms in total. The number of unbranched alkanes of at least 4 members (excludes halogenated alkanes) is 2. The van der Waals surface area contributed by atoms with Crippen LogP contribution in [0.25, 0.3) is 0 Å². The van der Waals surface area contributed by atoms with Crippen molar-refractivity contribution in [3.8, 4) is 0 Å². The Kier molecular flexibility index (Phi) is 11.0. The number of carboxylic acids is 1. The molecule has 0 spiro atoms. The molecule has 0 fully saturated rings. The van der Waals surface area contributed by atoms with Crippen LogP contribution in [0.15, 0.2) is 0 Å². The molecule has 0 saturated carbocycles. The lowest BCUT2D eigenvalue weighted by Crippen LogP contribution is -2.34. The lowest BCUT2D eigenvalue weighted by atomic mass is 10.2. The van der Waals surface area contributed by atoms with Gasteiger partial charge in [0.25, 0.3) is 0 Å². The van der Waals surface area contributed by atoms with Crippen LogP contribution in [-0.4, -0.2) is 59.0 Å². The van der Waals surface area contributed by atoms with E-state index in [4.69, 9.17) is 15.6 Å². The molecule has 23 heavy (non-hydrogen) atoms. The van der Waals surface area contributed by atoms with Crippen molar-refractivity contribution in [1.29, 1.82) is 0 Å². The van der Waals surface area contributed by atoms with E-state index in [1.54, 1.807) is 0 Å². The van der Waals surface area contributed by atoms with Crippen molar-refractivity contribution >= 4 is 19.8 Å². The highest BCUT2D eigenvalue weighted by atomic mass is 31.2. The highest BCUT2D eigenvalue weighted by Crippen LogP contribution is 2.43. The molecular formula is C12H24NO9P. The number of esters is 1. The Bertz CT molecular complexity index is 417. The average Bonchev–Trinajstić information content (AvgIpc) is 2.49. The van der Waals surface area contributed by atoms with Crippen LogP contribution in [-0.2, 0) is 27.9 Å². The number of carbonyl (C=O) groups is 2. The van der Waals surface area contributed by atoms with Gasteiger partial charge in [-0.2, -0.15) is 0 Å². The minimum atomic E-state index is -4.55. The van der Waals surface area contributed by atoms with E-state index in [2.05, 4.69) is 9.05 Å². The number of aliphatic hydroxyl groups is 1. The third-order valence-corrected chi connectivity index (χ3v) is 3.54. The van der Waals surface area contributed by atoms with Gasteiger partial charge in [-0.1, -0.05) is 19.8 Å². The van der Waals surface area contributed by atoms with Crippen LogP contribution in [0.4, 0.5) is 0 Å². The highest BCUT2D eigenvalue weighted by Gasteiger charge is 2.26. The Morgan fingerprint density at radius 1 is 1.17 bits per heavy atom. The first kappa shape index (κ1) is 22.0. The lowest BCUT2D eigenvalue weighted by molar-refractivity contribution is -0.147. The second kappa shape index (κ2) is 11.5. The normalized spacial score (nSPS) is 16.3. The minimum Gasteiger partial charge on any atom is -0.480 e. The number of phosphoric acid groups is 1. The first-order valence-electron chi connectivity index (χ1n) is 7.12. The summed E-state index contributed by atoms with van der Waals surface area (Å²) in [6.45, 7) is 0.245. The van der Waals surface area contributed by atoms with Gasteiger partial charge in [-0.3, -0.25) is 18.6 Å². The number of nitrogens with two attached hydrogens (primary N) is 1. The summed E-state index contributed by atoms with van der Waals surface area (Å²) in [4.78, 5) is 31.0. The van der Waals surface area contributed by atoms with Crippen LogP contribution in [0.1, 0.15) is 32.6 Å². The molecule has 11 heteroatoms. The molecule has 0 rings (SSSR count). The molecule has 0 amide bonds. The van der Waals surface area contributed by atoms with E-state index in [0.29, 0.717) is 6.42 Å².